The van der Waals surface area contributed by atoms with E-state index in [-0.39, 0.29) is 12.5 Å². The van der Waals surface area contributed by atoms with Gasteiger partial charge in [-0.2, -0.15) is 0 Å². The Hall–Kier alpha value is -1.73. The highest BCUT2D eigenvalue weighted by Gasteiger charge is 2.22. The minimum atomic E-state index is -0.194. The summed E-state index contributed by atoms with van der Waals surface area (Å²) in [6, 6.07) is 10.7. The Morgan fingerprint density at radius 1 is 1.15 bits per heavy atom. The Balaban J connectivity index is 1.80. The van der Waals surface area contributed by atoms with Crippen molar-refractivity contribution in [2.75, 3.05) is 6.61 Å². The van der Waals surface area contributed by atoms with Crippen LogP contribution in [0.25, 0.3) is 6.08 Å². The Kier molecular flexibility index (Phi) is 6.65. The zero-order valence-corrected chi connectivity index (χ0v) is 17.4. The molecule has 1 aliphatic heterocycles. The normalized spacial score (nSPS) is 15.1. The molecule has 1 aliphatic rings. The van der Waals surface area contributed by atoms with Crippen LogP contribution in [-0.4, -0.2) is 16.8 Å². The van der Waals surface area contributed by atoms with Gasteiger partial charge in [0.2, 0.25) is 0 Å². The van der Waals surface area contributed by atoms with Crippen molar-refractivity contribution in [1.29, 1.82) is 0 Å². The molecule has 2 aromatic carbocycles. The third-order valence-corrected chi connectivity index (χ3v) is 5.36. The van der Waals surface area contributed by atoms with E-state index in [2.05, 4.69) is 5.32 Å². The molecule has 0 aromatic heterocycles. The van der Waals surface area contributed by atoms with Crippen molar-refractivity contribution in [3.63, 3.8) is 0 Å². The maximum atomic E-state index is 11.8. The quantitative estimate of drug-likeness (QED) is 0.478. The molecule has 1 amide bonds. The summed E-state index contributed by atoms with van der Waals surface area (Å²) in [5.74, 6) is 0.979. The smallest absolute Gasteiger partial charge is 0.263 e. The van der Waals surface area contributed by atoms with Crippen LogP contribution in [0.1, 0.15) is 18.1 Å². The second-order valence-electron chi connectivity index (χ2n) is 5.52. The van der Waals surface area contributed by atoms with E-state index in [0.29, 0.717) is 37.4 Å². The standard InChI is InChI=1S/C19H15Cl2NO3S2/c1-2-24-16-7-11(8-17-18(23)22-19(26)27-17)3-6-15(16)25-10-12-4-5-13(20)9-14(12)21/h3-9H,2,10H2,1H3,(H,22,23,26)/b17-8-. The number of carbonyl (C=O) groups excluding carboxylic acids is 1. The lowest BCUT2D eigenvalue weighted by molar-refractivity contribution is -0.115. The van der Waals surface area contributed by atoms with Crippen LogP contribution in [-0.2, 0) is 11.4 Å². The number of rotatable bonds is 6. The van der Waals surface area contributed by atoms with Gasteiger partial charge in [0.15, 0.2) is 11.5 Å². The molecule has 1 N–H and O–H groups in total. The van der Waals surface area contributed by atoms with Gasteiger partial charge in [-0.05, 0) is 42.8 Å². The summed E-state index contributed by atoms with van der Waals surface area (Å²) in [6.07, 6.45) is 1.77. The number of ether oxygens (including phenoxy) is 2. The van der Waals surface area contributed by atoms with Crippen molar-refractivity contribution in [3.8, 4) is 11.5 Å². The van der Waals surface area contributed by atoms with Crippen LogP contribution in [0.15, 0.2) is 41.3 Å². The van der Waals surface area contributed by atoms with Gasteiger partial charge in [-0.15, -0.1) is 0 Å². The molecular formula is C19H15Cl2NO3S2. The number of thioether (sulfide) groups is 1. The Labute approximate surface area is 176 Å². The molecule has 0 spiro atoms. The number of hydrogen-bond donors (Lipinski definition) is 1. The van der Waals surface area contributed by atoms with Gasteiger partial charge in [0.25, 0.3) is 5.91 Å². The average molecular weight is 440 g/mol. The van der Waals surface area contributed by atoms with E-state index in [9.17, 15) is 4.79 Å². The molecule has 2 aromatic rings. The van der Waals surface area contributed by atoms with Crippen LogP contribution in [0.3, 0.4) is 0 Å². The van der Waals surface area contributed by atoms with E-state index >= 15 is 0 Å². The minimum Gasteiger partial charge on any atom is -0.490 e. The SMILES string of the molecule is CCOc1cc(/C=C2\SC(=S)NC2=O)ccc1OCc1ccc(Cl)cc1Cl. The van der Waals surface area contributed by atoms with Crippen LogP contribution in [0.5, 0.6) is 11.5 Å². The lowest BCUT2D eigenvalue weighted by atomic mass is 10.2. The van der Waals surface area contributed by atoms with Crippen LogP contribution >= 0.6 is 47.2 Å². The average Bonchev–Trinajstić information content (AvgIpc) is 2.93. The van der Waals surface area contributed by atoms with E-state index in [0.717, 1.165) is 11.1 Å². The summed E-state index contributed by atoms with van der Waals surface area (Å²) in [4.78, 5) is 12.4. The molecule has 0 saturated carbocycles. The number of benzene rings is 2. The van der Waals surface area contributed by atoms with Gasteiger partial charge in [0, 0.05) is 15.6 Å². The predicted molar refractivity (Wildman–Crippen MR) is 115 cm³/mol. The molecule has 0 atom stereocenters. The number of carbonyl (C=O) groups is 1. The second-order valence-corrected chi connectivity index (χ2v) is 8.08. The van der Waals surface area contributed by atoms with Gasteiger partial charge in [-0.3, -0.25) is 4.79 Å². The third kappa shape index (κ3) is 5.17. The lowest BCUT2D eigenvalue weighted by Gasteiger charge is -2.13. The highest BCUT2D eigenvalue weighted by molar-refractivity contribution is 8.26. The van der Waals surface area contributed by atoms with Crippen LogP contribution < -0.4 is 14.8 Å². The first-order valence-electron chi connectivity index (χ1n) is 8.04. The van der Waals surface area contributed by atoms with E-state index in [1.165, 1.54) is 11.8 Å². The molecule has 1 saturated heterocycles. The number of thiocarbonyl (C=S) groups is 1. The van der Waals surface area contributed by atoms with E-state index in [1.807, 2.05) is 25.1 Å². The van der Waals surface area contributed by atoms with Crippen molar-refractivity contribution in [3.05, 3.63) is 62.5 Å². The maximum absolute atomic E-state index is 11.8. The number of halogens is 2. The molecule has 0 bridgehead atoms. The number of hydrogen-bond acceptors (Lipinski definition) is 5. The zero-order chi connectivity index (χ0) is 19.4. The second kappa shape index (κ2) is 8.97. The first-order chi connectivity index (χ1) is 13.0. The fourth-order valence-corrected chi connectivity index (χ4v) is 3.88. The molecule has 4 nitrogen and oxygen atoms in total. The predicted octanol–water partition coefficient (Wildman–Crippen LogP) is 5.46. The van der Waals surface area contributed by atoms with E-state index in [4.69, 9.17) is 44.9 Å². The van der Waals surface area contributed by atoms with Crippen molar-refractivity contribution < 1.29 is 14.3 Å². The van der Waals surface area contributed by atoms with E-state index < -0.39 is 0 Å². The zero-order valence-electron chi connectivity index (χ0n) is 14.3. The van der Waals surface area contributed by atoms with Crippen molar-refractivity contribution in [1.82, 2.24) is 5.32 Å². The molecule has 0 unspecified atom stereocenters. The fraction of sp³-hybridized carbons (Fsp3) is 0.158. The maximum Gasteiger partial charge on any atom is 0.263 e. The lowest BCUT2D eigenvalue weighted by Crippen LogP contribution is -2.17. The molecule has 8 heteroatoms. The molecule has 140 valence electrons. The van der Waals surface area contributed by atoms with Crippen molar-refractivity contribution >= 4 is 63.5 Å². The van der Waals surface area contributed by atoms with Gasteiger partial charge in [0.05, 0.1) is 11.5 Å². The van der Waals surface area contributed by atoms with Gasteiger partial charge in [-0.25, -0.2) is 0 Å². The van der Waals surface area contributed by atoms with Gasteiger partial charge >= 0.3 is 0 Å². The largest absolute Gasteiger partial charge is 0.490 e. The minimum absolute atomic E-state index is 0.194. The van der Waals surface area contributed by atoms with Gasteiger partial charge in [0.1, 0.15) is 10.9 Å². The number of amides is 1. The van der Waals surface area contributed by atoms with Crippen LogP contribution in [0.2, 0.25) is 10.0 Å². The Morgan fingerprint density at radius 2 is 1.96 bits per heavy atom. The first kappa shape index (κ1) is 20.0. The molecule has 0 radical (unpaired) electrons. The first-order valence-corrected chi connectivity index (χ1v) is 10.0. The molecule has 1 fully saturated rings. The van der Waals surface area contributed by atoms with Crippen molar-refractivity contribution in [2.45, 2.75) is 13.5 Å². The van der Waals surface area contributed by atoms with Crippen LogP contribution in [0, 0.1) is 0 Å². The topological polar surface area (TPSA) is 47.6 Å². The van der Waals surface area contributed by atoms with E-state index in [1.54, 1.807) is 24.3 Å². The van der Waals surface area contributed by atoms with Crippen molar-refractivity contribution in [2.24, 2.45) is 0 Å². The number of nitrogens with one attached hydrogen (secondary N) is 1. The molecule has 0 aliphatic carbocycles. The molecular weight excluding hydrogens is 425 g/mol. The highest BCUT2D eigenvalue weighted by Crippen LogP contribution is 2.33. The Bertz CT molecular complexity index is 931. The summed E-state index contributed by atoms with van der Waals surface area (Å²) in [5.41, 5.74) is 1.64. The van der Waals surface area contributed by atoms with Gasteiger partial charge < -0.3 is 14.8 Å². The third-order valence-electron chi connectivity index (χ3n) is 3.61. The summed E-state index contributed by atoms with van der Waals surface area (Å²) >= 11 is 18.3. The summed E-state index contributed by atoms with van der Waals surface area (Å²) < 4.78 is 12.0. The monoisotopic (exact) mass is 439 g/mol. The summed E-state index contributed by atoms with van der Waals surface area (Å²) in [6.45, 7) is 2.66. The Morgan fingerprint density at radius 3 is 2.63 bits per heavy atom. The molecule has 3 rings (SSSR count). The summed E-state index contributed by atoms with van der Waals surface area (Å²) in [7, 11) is 0. The van der Waals surface area contributed by atoms with Gasteiger partial charge in [-0.1, -0.05) is 59.3 Å². The summed E-state index contributed by atoms with van der Waals surface area (Å²) in [5, 5.41) is 3.71. The fourth-order valence-electron chi connectivity index (χ4n) is 2.37. The molecule has 27 heavy (non-hydrogen) atoms. The molecule has 1 heterocycles. The highest BCUT2D eigenvalue weighted by atomic mass is 35.5. The van der Waals surface area contributed by atoms with Crippen LogP contribution in [0.4, 0.5) is 0 Å².